The van der Waals surface area contributed by atoms with Gasteiger partial charge in [-0.2, -0.15) is 5.10 Å². The fourth-order valence-corrected chi connectivity index (χ4v) is 2.37. The molecule has 2 rings (SSSR count). The molecule has 0 aliphatic carbocycles. The molecular weight excluding hydrogens is 306 g/mol. The molecule has 0 saturated carbocycles. The van der Waals surface area contributed by atoms with Crippen LogP contribution in [0.1, 0.15) is 25.2 Å². The van der Waals surface area contributed by atoms with Crippen LogP contribution in [0.5, 0.6) is 5.75 Å². The van der Waals surface area contributed by atoms with Gasteiger partial charge in [0.25, 0.3) is 0 Å². The Labute approximate surface area is 121 Å². The van der Waals surface area contributed by atoms with Crippen molar-refractivity contribution in [2.45, 2.75) is 33.9 Å². The fraction of sp³-hybridized carbons (Fsp3) is 0.429. The average Bonchev–Trinajstić information content (AvgIpc) is 2.74. The van der Waals surface area contributed by atoms with Crippen LogP contribution in [-0.2, 0) is 13.2 Å². The van der Waals surface area contributed by atoms with E-state index in [0.29, 0.717) is 12.5 Å². The highest BCUT2D eigenvalue weighted by Gasteiger charge is 2.08. The zero-order valence-corrected chi connectivity index (χ0v) is 13.0. The van der Waals surface area contributed by atoms with E-state index in [1.165, 1.54) is 5.56 Å². The van der Waals surface area contributed by atoms with Gasteiger partial charge in [0.15, 0.2) is 5.82 Å². The lowest BCUT2D eigenvalue weighted by Crippen LogP contribution is -2.12. The van der Waals surface area contributed by atoms with E-state index in [-0.39, 0.29) is 0 Å². The lowest BCUT2D eigenvalue weighted by molar-refractivity contribution is 0.281. The molecule has 0 atom stereocenters. The summed E-state index contributed by atoms with van der Waals surface area (Å²) in [5.41, 5.74) is 1.20. The Balaban J connectivity index is 2.04. The predicted octanol–water partition coefficient (Wildman–Crippen LogP) is 3.58. The molecule has 0 radical (unpaired) electrons. The van der Waals surface area contributed by atoms with Gasteiger partial charge in [0.2, 0.25) is 0 Å². The van der Waals surface area contributed by atoms with Crippen molar-refractivity contribution in [3.8, 4) is 5.75 Å². The van der Waals surface area contributed by atoms with Gasteiger partial charge in [-0.1, -0.05) is 19.9 Å². The summed E-state index contributed by atoms with van der Waals surface area (Å²) in [6.07, 6.45) is 1.57. The van der Waals surface area contributed by atoms with Gasteiger partial charge < -0.3 is 4.74 Å². The number of ether oxygens (including phenoxy) is 1. The Morgan fingerprint density at radius 1 is 1.37 bits per heavy atom. The molecule has 19 heavy (non-hydrogen) atoms. The third-order valence-corrected chi connectivity index (χ3v) is 3.30. The first kappa shape index (κ1) is 14.1. The van der Waals surface area contributed by atoms with Gasteiger partial charge >= 0.3 is 0 Å². The Morgan fingerprint density at radius 3 is 2.84 bits per heavy atom. The maximum atomic E-state index is 5.79. The van der Waals surface area contributed by atoms with Gasteiger partial charge in [0, 0.05) is 6.54 Å². The van der Waals surface area contributed by atoms with Crippen molar-refractivity contribution >= 4 is 15.9 Å². The van der Waals surface area contributed by atoms with E-state index in [4.69, 9.17) is 4.74 Å². The van der Waals surface area contributed by atoms with E-state index in [0.717, 1.165) is 22.6 Å². The zero-order chi connectivity index (χ0) is 13.8. The van der Waals surface area contributed by atoms with Crippen molar-refractivity contribution in [1.82, 2.24) is 14.8 Å². The highest BCUT2D eigenvalue weighted by Crippen LogP contribution is 2.26. The number of hydrogen-bond donors (Lipinski definition) is 0. The topological polar surface area (TPSA) is 39.9 Å². The van der Waals surface area contributed by atoms with Crippen LogP contribution in [0.15, 0.2) is 29.0 Å². The van der Waals surface area contributed by atoms with E-state index in [1.807, 2.05) is 29.8 Å². The van der Waals surface area contributed by atoms with Gasteiger partial charge in [-0.3, -0.25) is 0 Å². The number of aryl methyl sites for hydroxylation is 1. The van der Waals surface area contributed by atoms with Crippen molar-refractivity contribution < 1.29 is 4.74 Å². The second kappa shape index (κ2) is 6.19. The maximum absolute atomic E-state index is 5.79. The third kappa shape index (κ3) is 3.80. The minimum absolute atomic E-state index is 0.425. The smallest absolute Gasteiger partial charge is 0.164 e. The molecule has 0 amide bonds. The van der Waals surface area contributed by atoms with Gasteiger partial charge in [0.05, 0.1) is 4.47 Å². The molecule has 0 saturated heterocycles. The molecule has 1 aromatic carbocycles. The van der Waals surface area contributed by atoms with Gasteiger partial charge in [-0.15, -0.1) is 0 Å². The fourth-order valence-electron chi connectivity index (χ4n) is 1.76. The summed E-state index contributed by atoms with van der Waals surface area (Å²) in [4.78, 5) is 4.24. The average molecular weight is 324 g/mol. The first-order chi connectivity index (χ1) is 9.06. The highest BCUT2D eigenvalue weighted by molar-refractivity contribution is 9.10. The van der Waals surface area contributed by atoms with E-state index in [2.05, 4.69) is 39.9 Å². The first-order valence-corrected chi connectivity index (χ1v) is 7.11. The summed E-state index contributed by atoms with van der Waals surface area (Å²) in [6, 6.07) is 6.02. The number of aromatic nitrogens is 3. The molecule has 0 aliphatic heterocycles. The van der Waals surface area contributed by atoms with Crippen molar-refractivity contribution in [3.63, 3.8) is 0 Å². The van der Waals surface area contributed by atoms with Crippen molar-refractivity contribution in [2.24, 2.45) is 5.92 Å². The van der Waals surface area contributed by atoms with E-state index in [1.54, 1.807) is 6.33 Å². The molecule has 0 spiro atoms. The largest absolute Gasteiger partial charge is 0.484 e. The third-order valence-electron chi connectivity index (χ3n) is 2.68. The molecule has 1 aromatic heterocycles. The molecule has 102 valence electrons. The van der Waals surface area contributed by atoms with E-state index < -0.39 is 0 Å². The van der Waals surface area contributed by atoms with Crippen molar-refractivity contribution in [3.05, 3.63) is 40.4 Å². The summed E-state index contributed by atoms with van der Waals surface area (Å²) in [5.74, 6) is 2.21. The monoisotopic (exact) mass is 323 g/mol. The Kier molecular flexibility index (Phi) is 4.58. The molecule has 0 fully saturated rings. The predicted molar refractivity (Wildman–Crippen MR) is 78.1 cm³/mol. The first-order valence-electron chi connectivity index (χ1n) is 6.32. The molecule has 0 unspecified atom stereocenters. The zero-order valence-electron chi connectivity index (χ0n) is 11.4. The Bertz CT molecular complexity index is 551. The summed E-state index contributed by atoms with van der Waals surface area (Å²) < 4.78 is 8.64. The second-order valence-electron chi connectivity index (χ2n) is 4.97. The van der Waals surface area contributed by atoms with Crippen molar-refractivity contribution in [2.75, 3.05) is 0 Å². The number of benzene rings is 1. The van der Waals surface area contributed by atoms with Crippen LogP contribution in [0, 0.1) is 12.8 Å². The minimum atomic E-state index is 0.425. The molecular formula is C14H18BrN3O. The lowest BCUT2D eigenvalue weighted by atomic mass is 10.2. The Hall–Kier alpha value is -1.36. The quantitative estimate of drug-likeness (QED) is 0.844. The second-order valence-corrected chi connectivity index (χ2v) is 5.83. The molecule has 5 heteroatoms. The van der Waals surface area contributed by atoms with Crippen LogP contribution in [0.4, 0.5) is 0 Å². The highest BCUT2D eigenvalue weighted by atomic mass is 79.9. The van der Waals surface area contributed by atoms with Gasteiger partial charge in [-0.05, 0) is 46.5 Å². The SMILES string of the molecule is Cc1ccc(OCc2ncnn2CC(C)C)c(Br)c1. The van der Waals surface area contributed by atoms with E-state index >= 15 is 0 Å². The van der Waals surface area contributed by atoms with Crippen LogP contribution in [-0.4, -0.2) is 14.8 Å². The lowest BCUT2D eigenvalue weighted by Gasteiger charge is -2.11. The summed E-state index contributed by atoms with van der Waals surface area (Å²) in [6.45, 7) is 7.64. The number of hydrogen-bond acceptors (Lipinski definition) is 3. The van der Waals surface area contributed by atoms with Gasteiger partial charge in [0.1, 0.15) is 18.7 Å². The molecule has 0 bridgehead atoms. The standard InChI is InChI=1S/C14H18BrN3O/c1-10(2)7-18-14(16-9-17-18)8-19-13-5-4-11(3)6-12(13)15/h4-6,9-10H,7-8H2,1-3H3. The van der Waals surface area contributed by atoms with Crippen molar-refractivity contribution in [1.29, 1.82) is 0 Å². The maximum Gasteiger partial charge on any atom is 0.164 e. The summed E-state index contributed by atoms with van der Waals surface area (Å²) in [5, 5.41) is 4.22. The molecule has 4 nitrogen and oxygen atoms in total. The number of halogens is 1. The number of nitrogens with zero attached hydrogens (tertiary/aromatic N) is 3. The van der Waals surface area contributed by atoms with Crippen LogP contribution in [0.2, 0.25) is 0 Å². The molecule has 0 aliphatic rings. The minimum Gasteiger partial charge on any atom is -0.484 e. The van der Waals surface area contributed by atoms with Crippen LogP contribution >= 0.6 is 15.9 Å². The number of rotatable bonds is 5. The molecule has 2 aromatic rings. The van der Waals surface area contributed by atoms with E-state index in [9.17, 15) is 0 Å². The normalized spacial score (nSPS) is 11.0. The summed E-state index contributed by atoms with van der Waals surface area (Å²) in [7, 11) is 0. The van der Waals surface area contributed by atoms with Crippen LogP contribution in [0.25, 0.3) is 0 Å². The molecule has 1 heterocycles. The van der Waals surface area contributed by atoms with Crippen LogP contribution < -0.4 is 4.74 Å². The molecule has 0 N–H and O–H groups in total. The Morgan fingerprint density at radius 2 is 2.16 bits per heavy atom. The summed E-state index contributed by atoms with van der Waals surface area (Å²) >= 11 is 3.50. The van der Waals surface area contributed by atoms with Crippen LogP contribution in [0.3, 0.4) is 0 Å². The van der Waals surface area contributed by atoms with Gasteiger partial charge in [-0.25, -0.2) is 9.67 Å².